The summed E-state index contributed by atoms with van der Waals surface area (Å²) >= 11 is 0. The third-order valence-corrected chi connectivity index (χ3v) is 5.99. The minimum atomic E-state index is 0.102. The Morgan fingerprint density at radius 1 is 1.11 bits per heavy atom. The van der Waals surface area contributed by atoms with Gasteiger partial charge in [0.2, 0.25) is 17.6 Å². The second kappa shape index (κ2) is 8.86. The van der Waals surface area contributed by atoms with E-state index >= 15 is 0 Å². The van der Waals surface area contributed by atoms with Crippen molar-refractivity contribution in [1.29, 1.82) is 0 Å². The van der Waals surface area contributed by atoms with Crippen molar-refractivity contribution in [2.24, 2.45) is 5.92 Å². The lowest BCUT2D eigenvalue weighted by molar-refractivity contribution is -0.137. The molecular weight excluding hydrogens is 352 g/mol. The standard InChI is InChI=1S/C22H30N4O2/c1-17-9-4-5-11-19(17)21-23-20(28-24-21)16-25-12-8-10-18(15-25)22(27)26-13-6-2-3-7-14-26/h4-5,9,11,18H,2-3,6-8,10,12-16H2,1H3. The summed E-state index contributed by atoms with van der Waals surface area (Å²) in [6.07, 6.45) is 6.83. The van der Waals surface area contributed by atoms with Crippen LogP contribution in [-0.2, 0) is 11.3 Å². The van der Waals surface area contributed by atoms with Gasteiger partial charge in [-0.2, -0.15) is 4.98 Å². The van der Waals surface area contributed by atoms with Crippen molar-refractivity contribution in [2.45, 2.75) is 52.0 Å². The fraction of sp³-hybridized carbons (Fsp3) is 0.591. The topological polar surface area (TPSA) is 62.5 Å². The van der Waals surface area contributed by atoms with Gasteiger partial charge in [-0.15, -0.1) is 0 Å². The van der Waals surface area contributed by atoms with E-state index in [2.05, 4.69) is 32.9 Å². The zero-order chi connectivity index (χ0) is 19.3. The van der Waals surface area contributed by atoms with Crippen LogP contribution in [0.5, 0.6) is 0 Å². The number of carbonyl (C=O) groups is 1. The lowest BCUT2D eigenvalue weighted by Crippen LogP contribution is -2.44. The maximum absolute atomic E-state index is 13.0. The molecule has 1 unspecified atom stereocenters. The smallest absolute Gasteiger partial charge is 0.241 e. The highest BCUT2D eigenvalue weighted by molar-refractivity contribution is 5.79. The van der Waals surface area contributed by atoms with Gasteiger partial charge in [-0.1, -0.05) is 42.3 Å². The summed E-state index contributed by atoms with van der Waals surface area (Å²) in [6, 6.07) is 8.06. The van der Waals surface area contributed by atoms with Gasteiger partial charge in [0.25, 0.3) is 0 Å². The molecule has 0 N–H and O–H groups in total. The molecule has 2 saturated heterocycles. The SMILES string of the molecule is Cc1ccccc1-c1noc(CN2CCCC(C(=O)N3CCCCCC3)C2)n1. The number of rotatable bonds is 4. The van der Waals surface area contributed by atoms with Gasteiger partial charge in [0, 0.05) is 25.2 Å². The van der Waals surface area contributed by atoms with E-state index < -0.39 is 0 Å². The summed E-state index contributed by atoms with van der Waals surface area (Å²) in [4.78, 5) is 22.0. The van der Waals surface area contributed by atoms with Gasteiger partial charge in [0.1, 0.15) is 0 Å². The number of hydrogen-bond acceptors (Lipinski definition) is 5. The molecule has 2 aromatic rings. The molecule has 2 aliphatic rings. The zero-order valence-corrected chi connectivity index (χ0v) is 16.8. The highest BCUT2D eigenvalue weighted by Gasteiger charge is 2.30. The van der Waals surface area contributed by atoms with Crippen LogP contribution in [0.4, 0.5) is 0 Å². The third kappa shape index (κ3) is 4.43. The van der Waals surface area contributed by atoms with Crippen LogP contribution in [0.25, 0.3) is 11.4 Å². The van der Waals surface area contributed by atoms with Gasteiger partial charge in [-0.05, 0) is 44.7 Å². The number of likely N-dealkylation sites (tertiary alicyclic amines) is 2. The van der Waals surface area contributed by atoms with Crippen molar-refractivity contribution in [2.75, 3.05) is 26.2 Å². The molecule has 0 radical (unpaired) electrons. The van der Waals surface area contributed by atoms with E-state index in [9.17, 15) is 4.79 Å². The van der Waals surface area contributed by atoms with E-state index in [0.29, 0.717) is 24.2 Å². The van der Waals surface area contributed by atoms with Crippen LogP contribution in [0.3, 0.4) is 0 Å². The Morgan fingerprint density at radius 2 is 1.89 bits per heavy atom. The Kier molecular flexibility index (Phi) is 6.05. The highest BCUT2D eigenvalue weighted by atomic mass is 16.5. The Hall–Kier alpha value is -2.21. The summed E-state index contributed by atoms with van der Waals surface area (Å²) in [7, 11) is 0. The van der Waals surface area contributed by atoms with Gasteiger partial charge in [-0.3, -0.25) is 9.69 Å². The lowest BCUT2D eigenvalue weighted by atomic mass is 9.96. The number of aromatic nitrogens is 2. The molecule has 6 nitrogen and oxygen atoms in total. The van der Waals surface area contributed by atoms with E-state index in [1.807, 2.05) is 18.2 Å². The minimum Gasteiger partial charge on any atom is -0.342 e. The molecule has 1 aromatic heterocycles. The largest absolute Gasteiger partial charge is 0.342 e. The van der Waals surface area contributed by atoms with Gasteiger partial charge in [-0.25, -0.2) is 0 Å². The summed E-state index contributed by atoms with van der Waals surface area (Å²) in [5.74, 6) is 1.71. The number of benzene rings is 1. The normalized spacial score (nSPS) is 21.5. The van der Waals surface area contributed by atoms with Crippen molar-refractivity contribution in [3.05, 3.63) is 35.7 Å². The number of nitrogens with zero attached hydrogens (tertiary/aromatic N) is 4. The number of aryl methyl sites for hydroxylation is 1. The van der Waals surface area contributed by atoms with Crippen LogP contribution < -0.4 is 0 Å². The Morgan fingerprint density at radius 3 is 2.68 bits per heavy atom. The molecule has 1 aromatic carbocycles. The average molecular weight is 383 g/mol. The van der Waals surface area contributed by atoms with Crippen molar-refractivity contribution in [3.8, 4) is 11.4 Å². The monoisotopic (exact) mass is 382 g/mol. The number of hydrogen-bond donors (Lipinski definition) is 0. The van der Waals surface area contributed by atoms with Crippen LogP contribution in [0, 0.1) is 12.8 Å². The molecule has 3 heterocycles. The first kappa shape index (κ1) is 19.1. The second-order valence-electron chi connectivity index (χ2n) is 8.14. The molecular formula is C22H30N4O2. The Balaban J connectivity index is 1.38. The Bertz CT molecular complexity index is 795. The molecule has 0 spiro atoms. The van der Waals surface area contributed by atoms with Crippen LogP contribution in [0.1, 0.15) is 50.0 Å². The molecule has 150 valence electrons. The molecule has 6 heteroatoms. The van der Waals surface area contributed by atoms with Crippen molar-refractivity contribution in [3.63, 3.8) is 0 Å². The predicted molar refractivity (Wildman–Crippen MR) is 108 cm³/mol. The third-order valence-electron chi connectivity index (χ3n) is 5.99. The quantitative estimate of drug-likeness (QED) is 0.807. The molecule has 2 fully saturated rings. The summed E-state index contributed by atoms with van der Waals surface area (Å²) < 4.78 is 5.51. The van der Waals surface area contributed by atoms with E-state index in [1.54, 1.807) is 0 Å². The van der Waals surface area contributed by atoms with Crippen LogP contribution in [-0.4, -0.2) is 52.0 Å². The summed E-state index contributed by atoms with van der Waals surface area (Å²) in [5.41, 5.74) is 2.14. The van der Waals surface area contributed by atoms with Gasteiger partial charge >= 0.3 is 0 Å². The fourth-order valence-corrected chi connectivity index (χ4v) is 4.39. The van der Waals surface area contributed by atoms with E-state index in [4.69, 9.17) is 4.52 Å². The lowest BCUT2D eigenvalue weighted by Gasteiger charge is -2.34. The van der Waals surface area contributed by atoms with E-state index in [-0.39, 0.29) is 5.92 Å². The summed E-state index contributed by atoms with van der Waals surface area (Å²) in [6.45, 7) is 6.29. The number of piperidine rings is 1. The molecule has 0 aliphatic carbocycles. The molecule has 1 atom stereocenters. The predicted octanol–water partition coefficient (Wildman–Crippen LogP) is 3.66. The zero-order valence-electron chi connectivity index (χ0n) is 16.8. The maximum Gasteiger partial charge on any atom is 0.241 e. The molecule has 2 aliphatic heterocycles. The van der Waals surface area contributed by atoms with Crippen molar-refractivity contribution in [1.82, 2.24) is 19.9 Å². The number of carbonyl (C=O) groups excluding carboxylic acids is 1. The number of amides is 1. The highest BCUT2D eigenvalue weighted by Crippen LogP contribution is 2.24. The fourth-order valence-electron chi connectivity index (χ4n) is 4.39. The summed E-state index contributed by atoms with van der Waals surface area (Å²) in [5, 5.41) is 4.16. The van der Waals surface area contributed by atoms with Gasteiger partial charge in [0.15, 0.2) is 0 Å². The van der Waals surface area contributed by atoms with Gasteiger partial charge in [0.05, 0.1) is 12.5 Å². The van der Waals surface area contributed by atoms with Crippen LogP contribution in [0.2, 0.25) is 0 Å². The van der Waals surface area contributed by atoms with Crippen LogP contribution in [0.15, 0.2) is 28.8 Å². The first-order valence-corrected chi connectivity index (χ1v) is 10.6. The van der Waals surface area contributed by atoms with Crippen LogP contribution >= 0.6 is 0 Å². The molecule has 0 saturated carbocycles. The van der Waals surface area contributed by atoms with Crippen molar-refractivity contribution < 1.29 is 9.32 Å². The Labute approximate surface area is 166 Å². The molecule has 0 bridgehead atoms. The van der Waals surface area contributed by atoms with Gasteiger partial charge < -0.3 is 9.42 Å². The molecule has 28 heavy (non-hydrogen) atoms. The van der Waals surface area contributed by atoms with E-state index in [1.165, 1.54) is 12.8 Å². The molecule has 4 rings (SSSR count). The minimum absolute atomic E-state index is 0.102. The first-order valence-electron chi connectivity index (χ1n) is 10.6. The molecule has 1 amide bonds. The second-order valence-corrected chi connectivity index (χ2v) is 8.14. The first-order chi connectivity index (χ1) is 13.7. The van der Waals surface area contributed by atoms with Crippen molar-refractivity contribution >= 4 is 5.91 Å². The van der Waals surface area contributed by atoms with E-state index in [0.717, 1.165) is 63.0 Å². The average Bonchev–Trinajstić information content (AvgIpc) is 3.00. The maximum atomic E-state index is 13.0.